The second-order valence-electron chi connectivity index (χ2n) is 13.1. The van der Waals surface area contributed by atoms with E-state index in [1.54, 1.807) is 6.08 Å². The van der Waals surface area contributed by atoms with Crippen LogP contribution in [0.25, 0.3) is 0 Å². The predicted molar refractivity (Wildman–Crippen MR) is 130 cm³/mol. The van der Waals surface area contributed by atoms with Crippen LogP contribution >= 0.6 is 0 Å². The zero-order chi connectivity index (χ0) is 25.5. The summed E-state index contributed by atoms with van der Waals surface area (Å²) in [5, 5.41) is 32.9. The molecule has 2 heterocycles. The molecule has 8 nitrogen and oxygen atoms in total. The van der Waals surface area contributed by atoms with Crippen LogP contribution in [-0.2, 0) is 19.0 Å². The van der Waals surface area contributed by atoms with Gasteiger partial charge in [0.2, 0.25) is 0 Å². The Hall–Kier alpha value is -1.03. The summed E-state index contributed by atoms with van der Waals surface area (Å²) in [6, 6.07) is 0. The number of nitrogens with two attached hydrogens (primary N) is 1. The number of cyclic esters (lactones) is 1. The molecule has 36 heavy (non-hydrogen) atoms. The number of hydrogen-bond donors (Lipinski definition) is 4. The number of esters is 1. The van der Waals surface area contributed by atoms with E-state index in [0.29, 0.717) is 18.4 Å². The van der Waals surface area contributed by atoms with Crippen molar-refractivity contribution in [2.75, 3.05) is 13.2 Å². The maximum atomic E-state index is 12.4. The lowest BCUT2D eigenvalue weighted by Gasteiger charge is -2.63. The lowest BCUT2D eigenvalue weighted by molar-refractivity contribution is -0.230. The largest absolute Gasteiger partial charge is 0.458 e. The van der Waals surface area contributed by atoms with E-state index in [1.807, 2.05) is 0 Å². The minimum Gasteiger partial charge on any atom is -0.458 e. The minimum absolute atomic E-state index is 0.0114. The highest BCUT2D eigenvalue weighted by molar-refractivity contribution is 5.85. The van der Waals surface area contributed by atoms with Gasteiger partial charge >= 0.3 is 5.97 Å². The number of aliphatic hydroxyl groups excluding tert-OH is 2. The molecule has 6 aliphatic rings. The Morgan fingerprint density at radius 1 is 1.06 bits per heavy atom. The Morgan fingerprint density at radius 3 is 2.56 bits per heavy atom. The van der Waals surface area contributed by atoms with Crippen molar-refractivity contribution in [1.82, 2.24) is 0 Å². The summed E-state index contributed by atoms with van der Waals surface area (Å²) in [5.41, 5.74) is 5.97. The predicted octanol–water partition coefficient (Wildman–Crippen LogP) is 2.03. The number of hydrogen-bond acceptors (Lipinski definition) is 8. The molecule has 0 spiro atoms. The van der Waals surface area contributed by atoms with Crippen molar-refractivity contribution < 1.29 is 34.3 Å². The van der Waals surface area contributed by atoms with Gasteiger partial charge in [0.15, 0.2) is 6.29 Å². The fourth-order valence-corrected chi connectivity index (χ4v) is 9.71. The van der Waals surface area contributed by atoms with Crippen LogP contribution in [0.1, 0.15) is 71.6 Å². The fraction of sp³-hybridized carbons (Fsp3) is 0.893. The van der Waals surface area contributed by atoms with Crippen molar-refractivity contribution in [3.8, 4) is 0 Å². The van der Waals surface area contributed by atoms with Crippen molar-refractivity contribution in [3.63, 3.8) is 0 Å². The molecule has 5 fully saturated rings. The first-order chi connectivity index (χ1) is 17.1. The number of fused-ring (bicyclic) bond motifs is 5. The maximum Gasteiger partial charge on any atom is 0.331 e. The molecule has 0 aromatic rings. The topological polar surface area (TPSA) is 131 Å². The molecule has 0 aromatic heterocycles. The first-order valence-corrected chi connectivity index (χ1v) is 14.1. The van der Waals surface area contributed by atoms with Gasteiger partial charge in [0.1, 0.15) is 24.9 Å². The molecule has 4 aliphatic carbocycles. The van der Waals surface area contributed by atoms with Gasteiger partial charge in [-0.25, -0.2) is 4.79 Å². The smallest absolute Gasteiger partial charge is 0.331 e. The molecule has 1 saturated heterocycles. The average Bonchev–Trinajstić information content (AvgIpc) is 3.48. The Bertz CT molecular complexity index is 926. The highest BCUT2D eigenvalue weighted by atomic mass is 16.7. The van der Waals surface area contributed by atoms with Crippen LogP contribution in [0.5, 0.6) is 0 Å². The summed E-state index contributed by atoms with van der Waals surface area (Å²) in [7, 11) is 0. The van der Waals surface area contributed by atoms with Crippen LogP contribution in [0.2, 0.25) is 0 Å². The Balaban J connectivity index is 1.16. The Kier molecular flexibility index (Phi) is 6.14. The molecule has 0 amide bonds. The standard InChI is InChI=1S/C28H43NO7/c1-26-8-5-17(35-25-24(32)23(31)21(13-29)36-25)12-16(26)3-4-20-19(26)6-9-27(2)18(7-10-28(20,27)33)15-11-22(30)34-14-15/h11,16-21,23-25,31-33H,3-10,12-14,29H2,1-2H3/t16-,17-,18+,19-,20+,21+,23+,24+,25+,26-,27+,28+/m0/s1. The van der Waals surface area contributed by atoms with Crippen LogP contribution in [-0.4, -0.2) is 70.7 Å². The van der Waals surface area contributed by atoms with Crippen molar-refractivity contribution in [2.24, 2.45) is 40.2 Å². The number of rotatable bonds is 4. The highest BCUT2D eigenvalue weighted by Gasteiger charge is 2.67. The van der Waals surface area contributed by atoms with E-state index in [2.05, 4.69) is 13.8 Å². The first kappa shape index (κ1) is 25.3. The summed E-state index contributed by atoms with van der Waals surface area (Å²) in [6.07, 6.45) is 6.88. The molecular formula is C28H43NO7. The Morgan fingerprint density at radius 2 is 1.86 bits per heavy atom. The molecule has 8 heteroatoms. The zero-order valence-corrected chi connectivity index (χ0v) is 21.6. The normalized spacial score (nSPS) is 54.4. The third-order valence-corrected chi connectivity index (χ3v) is 11.8. The van der Waals surface area contributed by atoms with Crippen LogP contribution in [0.3, 0.4) is 0 Å². The molecule has 2 aliphatic heterocycles. The van der Waals surface area contributed by atoms with E-state index in [4.69, 9.17) is 19.9 Å². The van der Waals surface area contributed by atoms with E-state index in [9.17, 15) is 20.1 Å². The highest BCUT2D eigenvalue weighted by Crippen LogP contribution is 2.70. The third-order valence-electron chi connectivity index (χ3n) is 11.8. The lowest BCUT2D eigenvalue weighted by atomic mass is 9.43. The maximum absolute atomic E-state index is 12.4. The van der Waals surface area contributed by atoms with Crippen molar-refractivity contribution >= 4 is 5.97 Å². The van der Waals surface area contributed by atoms with Crippen LogP contribution in [0.15, 0.2) is 11.6 Å². The van der Waals surface area contributed by atoms with E-state index in [1.165, 1.54) is 0 Å². The average molecular weight is 506 g/mol. The number of aliphatic hydroxyl groups is 3. The minimum atomic E-state index is -1.07. The van der Waals surface area contributed by atoms with Crippen LogP contribution < -0.4 is 5.73 Å². The molecule has 0 bridgehead atoms. The van der Waals surface area contributed by atoms with E-state index in [-0.39, 0.29) is 41.3 Å². The molecule has 4 saturated carbocycles. The van der Waals surface area contributed by atoms with Gasteiger partial charge < -0.3 is 35.3 Å². The van der Waals surface area contributed by atoms with Gasteiger partial charge in [-0.2, -0.15) is 0 Å². The van der Waals surface area contributed by atoms with Crippen LogP contribution in [0.4, 0.5) is 0 Å². The molecule has 12 atom stereocenters. The van der Waals surface area contributed by atoms with Crippen molar-refractivity contribution in [2.45, 2.75) is 108 Å². The number of carbonyl (C=O) groups is 1. The summed E-state index contributed by atoms with van der Waals surface area (Å²) in [4.78, 5) is 11.8. The van der Waals surface area contributed by atoms with Crippen molar-refractivity contribution in [1.29, 1.82) is 0 Å². The van der Waals surface area contributed by atoms with Crippen LogP contribution in [0, 0.1) is 34.5 Å². The van der Waals surface area contributed by atoms with E-state index in [0.717, 1.165) is 63.4 Å². The molecule has 0 aromatic carbocycles. The van der Waals surface area contributed by atoms with Gasteiger partial charge in [-0.15, -0.1) is 0 Å². The zero-order valence-electron chi connectivity index (χ0n) is 21.6. The molecule has 5 N–H and O–H groups in total. The quantitative estimate of drug-likeness (QED) is 0.427. The monoisotopic (exact) mass is 505 g/mol. The number of ether oxygens (including phenoxy) is 3. The molecule has 202 valence electrons. The SMILES string of the molecule is C[C@]12CC[C@H](O[C@@H]3O[C@H](CN)[C@@H](O)[C@H]3O)C[C@@H]1CC[C@@H]1[C@@H]2CC[C@]2(C)[C@@H](C3=CC(=O)OC3)CC[C@@]12O. The first-order valence-electron chi connectivity index (χ1n) is 14.1. The molecule has 0 radical (unpaired) electrons. The van der Waals surface area contributed by atoms with Gasteiger partial charge in [-0.3, -0.25) is 0 Å². The van der Waals surface area contributed by atoms with Crippen molar-refractivity contribution in [3.05, 3.63) is 11.6 Å². The van der Waals surface area contributed by atoms with E-state index >= 15 is 0 Å². The molecule has 0 unspecified atom stereocenters. The lowest BCUT2D eigenvalue weighted by Crippen LogP contribution is -2.62. The molecular weight excluding hydrogens is 462 g/mol. The van der Waals surface area contributed by atoms with E-state index < -0.39 is 30.2 Å². The second-order valence-corrected chi connectivity index (χ2v) is 13.1. The van der Waals surface area contributed by atoms with Gasteiger partial charge in [-0.05, 0) is 92.4 Å². The molecule has 6 rings (SSSR count). The number of carbonyl (C=O) groups excluding carboxylic acids is 1. The van der Waals surface area contributed by atoms with Gasteiger partial charge in [-0.1, -0.05) is 13.8 Å². The summed E-state index contributed by atoms with van der Waals surface area (Å²) >= 11 is 0. The third kappa shape index (κ3) is 3.51. The summed E-state index contributed by atoms with van der Waals surface area (Å²) in [6.45, 7) is 5.23. The van der Waals surface area contributed by atoms with Gasteiger partial charge in [0.05, 0.1) is 11.7 Å². The van der Waals surface area contributed by atoms with Gasteiger partial charge in [0.25, 0.3) is 0 Å². The second kappa shape index (κ2) is 8.75. The summed E-state index contributed by atoms with van der Waals surface area (Å²) < 4.78 is 17.1. The Labute approximate surface area is 213 Å². The fourth-order valence-electron chi connectivity index (χ4n) is 9.71. The summed E-state index contributed by atoms with van der Waals surface area (Å²) in [5.74, 6) is 1.23. The van der Waals surface area contributed by atoms with Gasteiger partial charge in [0, 0.05) is 18.0 Å².